The molecule has 0 aromatic rings. The Bertz CT molecular complexity index is 202. The average molecular weight is 203 g/mol. The van der Waals surface area contributed by atoms with Crippen LogP contribution in [0.25, 0.3) is 0 Å². The van der Waals surface area contributed by atoms with E-state index in [9.17, 15) is 4.79 Å². The molecule has 14 heavy (non-hydrogen) atoms. The standard InChI is InChI=1S/C10H21NO3/c1-7(2)8(9(13)14)11(5)10(3,4)6-12/h7-8,12H,6H2,1-5H3,(H,13,14). The van der Waals surface area contributed by atoms with Gasteiger partial charge in [-0.1, -0.05) is 13.8 Å². The van der Waals surface area contributed by atoms with Gasteiger partial charge in [0.15, 0.2) is 0 Å². The van der Waals surface area contributed by atoms with E-state index in [1.54, 1.807) is 11.9 Å². The largest absolute Gasteiger partial charge is 0.480 e. The molecule has 0 aliphatic heterocycles. The van der Waals surface area contributed by atoms with E-state index in [1.807, 2.05) is 27.7 Å². The molecule has 0 fully saturated rings. The second kappa shape index (κ2) is 4.75. The van der Waals surface area contributed by atoms with E-state index in [4.69, 9.17) is 10.2 Å². The van der Waals surface area contributed by atoms with Crippen LogP contribution < -0.4 is 0 Å². The number of aliphatic hydroxyl groups excluding tert-OH is 1. The van der Waals surface area contributed by atoms with Crippen LogP contribution in [0.5, 0.6) is 0 Å². The molecule has 0 aliphatic carbocycles. The maximum Gasteiger partial charge on any atom is 0.321 e. The van der Waals surface area contributed by atoms with Gasteiger partial charge in [0.25, 0.3) is 0 Å². The first-order chi connectivity index (χ1) is 6.24. The number of carboxylic acid groups (broad SMARTS) is 1. The molecular weight excluding hydrogens is 182 g/mol. The minimum Gasteiger partial charge on any atom is -0.480 e. The fourth-order valence-electron chi connectivity index (χ4n) is 1.39. The number of aliphatic hydroxyl groups is 1. The average Bonchev–Trinajstić information content (AvgIpc) is 2.02. The van der Waals surface area contributed by atoms with Crippen molar-refractivity contribution < 1.29 is 15.0 Å². The Morgan fingerprint density at radius 3 is 2.07 bits per heavy atom. The maximum absolute atomic E-state index is 11.0. The van der Waals surface area contributed by atoms with Gasteiger partial charge in [-0.25, -0.2) is 0 Å². The van der Waals surface area contributed by atoms with Crippen molar-refractivity contribution in [1.82, 2.24) is 4.90 Å². The molecule has 1 atom stereocenters. The van der Waals surface area contributed by atoms with Gasteiger partial charge >= 0.3 is 5.97 Å². The Balaban J connectivity index is 4.77. The van der Waals surface area contributed by atoms with Gasteiger partial charge in [-0.3, -0.25) is 9.69 Å². The van der Waals surface area contributed by atoms with Gasteiger partial charge in [0.1, 0.15) is 6.04 Å². The summed E-state index contributed by atoms with van der Waals surface area (Å²) in [5.41, 5.74) is -0.507. The Hall–Kier alpha value is -0.610. The van der Waals surface area contributed by atoms with Crippen molar-refractivity contribution in [1.29, 1.82) is 0 Å². The Labute approximate surface area is 85.5 Å². The molecule has 4 heteroatoms. The van der Waals surface area contributed by atoms with Crippen LogP contribution in [0.1, 0.15) is 27.7 Å². The third-order valence-corrected chi connectivity index (χ3v) is 2.64. The van der Waals surface area contributed by atoms with Gasteiger partial charge in [0.2, 0.25) is 0 Å². The second-order valence-corrected chi connectivity index (χ2v) is 4.61. The van der Waals surface area contributed by atoms with E-state index in [1.165, 1.54) is 0 Å². The summed E-state index contributed by atoms with van der Waals surface area (Å²) in [6.45, 7) is 7.32. The number of likely N-dealkylation sites (N-methyl/N-ethyl adjacent to an activating group) is 1. The van der Waals surface area contributed by atoms with E-state index in [-0.39, 0.29) is 12.5 Å². The molecule has 84 valence electrons. The van der Waals surface area contributed by atoms with Crippen LogP contribution >= 0.6 is 0 Å². The first kappa shape index (κ1) is 13.4. The van der Waals surface area contributed by atoms with Gasteiger partial charge in [0.05, 0.1) is 6.61 Å². The van der Waals surface area contributed by atoms with Crippen molar-refractivity contribution in [2.24, 2.45) is 5.92 Å². The van der Waals surface area contributed by atoms with Gasteiger partial charge in [-0.15, -0.1) is 0 Å². The molecule has 4 nitrogen and oxygen atoms in total. The van der Waals surface area contributed by atoms with E-state index >= 15 is 0 Å². The molecule has 0 aromatic carbocycles. The van der Waals surface area contributed by atoms with Gasteiger partial charge < -0.3 is 10.2 Å². The van der Waals surface area contributed by atoms with E-state index < -0.39 is 17.6 Å². The van der Waals surface area contributed by atoms with Crippen molar-refractivity contribution in [3.05, 3.63) is 0 Å². The molecule has 0 saturated carbocycles. The molecule has 0 heterocycles. The maximum atomic E-state index is 11.0. The summed E-state index contributed by atoms with van der Waals surface area (Å²) in [7, 11) is 1.73. The van der Waals surface area contributed by atoms with Crippen LogP contribution in [0, 0.1) is 5.92 Å². The molecule has 0 radical (unpaired) electrons. The number of hydrogen-bond donors (Lipinski definition) is 2. The number of carbonyl (C=O) groups is 1. The SMILES string of the molecule is CC(C)C(C(=O)O)N(C)C(C)(C)CO. The fourth-order valence-corrected chi connectivity index (χ4v) is 1.39. The third-order valence-electron chi connectivity index (χ3n) is 2.64. The number of rotatable bonds is 5. The van der Waals surface area contributed by atoms with Crippen LogP contribution in [0.3, 0.4) is 0 Å². The number of hydrogen-bond acceptors (Lipinski definition) is 3. The summed E-state index contributed by atoms with van der Waals surface area (Å²) in [6.07, 6.45) is 0. The van der Waals surface area contributed by atoms with E-state index in [0.717, 1.165) is 0 Å². The molecule has 2 N–H and O–H groups in total. The minimum atomic E-state index is -0.843. The topological polar surface area (TPSA) is 60.8 Å². The molecule has 0 amide bonds. The number of nitrogens with zero attached hydrogens (tertiary/aromatic N) is 1. The molecule has 0 saturated heterocycles. The lowest BCUT2D eigenvalue weighted by atomic mass is 9.96. The summed E-state index contributed by atoms with van der Waals surface area (Å²) < 4.78 is 0. The summed E-state index contributed by atoms with van der Waals surface area (Å²) in [5, 5.41) is 18.2. The molecule has 0 aromatic heterocycles. The van der Waals surface area contributed by atoms with Crippen LogP contribution in [0.2, 0.25) is 0 Å². The normalized spacial score (nSPS) is 14.9. The van der Waals surface area contributed by atoms with Crippen molar-refractivity contribution in [3.8, 4) is 0 Å². The van der Waals surface area contributed by atoms with Crippen molar-refractivity contribution in [2.45, 2.75) is 39.3 Å². The van der Waals surface area contributed by atoms with Crippen molar-refractivity contribution in [2.75, 3.05) is 13.7 Å². The third kappa shape index (κ3) is 2.96. The Kier molecular flexibility index (Phi) is 4.55. The molecule has 0 bridgehead atoms. The van der Waals surface area contributed by atoms with Crippen LogP contribution in [-0.4, -0.2) is 46.3 Å². The van der Waals surface area contributed by atoms with Crippen LogP contribution in [0.15, 0.2) is 0 Å². The highest BCUT2D eigenvalue weighted by atomic mass is 16.4. The van der Waals surface area contributed by atoms with Crippen molar-refractivity contribution >= 4 is 5.97 Å². The predicted octanol–water partition coefficient (Wildman–Crippen LogP) is 0.798. The summed E-state index contributed by atoms with van der Waals surface area (Å²) in [5.74, 6) is -0.827. The summed E-state index contributed by atoms with van der Waals surface area (Å²) in [6, 6.07) is -0.558. The van der Waals surface area contributed by atoms with Crippen LogP contribution in [0.4, 0.5) is 0 Å². The zero-order valence-corrected chi connectivity index (χ0v) is 9.61. The quantitative estimate of drug-likeness (QED) is 0.694. The lowest BCUT2D eigenvalue weighted by molar-refractivity contribution is -0.147. The van der Waals surface area contributed by atoms with Crippen molar-refractivity contribution in [3.63, 3.8) is 0 Å². The van der Waals surface area contributed by atoms with Gasteiger partial charge in [0, 0.05) is 5.54 Å². The Morgan fingerprint density at radius 1 is 1.43 bits per heavy atom. The lowest BCUT2D eigenvalue weighted by Gasteiger charge is -2.39. The Morgan fingerprint density at radius 2 is 1.86 bits per heavy atom. The highest BCUT2D eigenvalue weighted by Crippen LogP contribution is 2.19. The highest BCUT2D eigenvalue weighted by molar-refractivity contribution is 5.73. The van der Waals surface area contributed by atoms with Crippen LogP contribution in [-0.2, 0) is 4.79 Å². The number of carboxylic acids is 1. The lowest BCUT2D eigenvalue weighted by Crippen LogP contribution is -2.54. The zero-order valence-electron chi connectivity index (χ0n) is 9.61. The molecule has 1 unspecified atom stereocenters. The first-order valence-corrected chi connectivity index (χ1v) is 4.80. The molecule has 0 aliphatic rings. The minimum absolute atomic E-state index is 0.0170. The smallest absolute Gasteiger partial charge is 0.321 e. The summed E-state index contributed by atoms with van der Waals surface area (Å²) >= 11 is 0. The monoisotopic (exact) mass is 203 g/mol. The molecule has 0 spiro atoms. The molecular formula is C10H21NO3. The predicted molar refractivity (Wildman–Crippen MR) is 55.2 cm³/mol. The summed E-state index contributed by atoms with van der Waals surface area (Å²) in [4.78, 5) is 12.7. The van der Waals surface area contributed by atoms with Gasteiger partial charge in [-0.05, 0) is 26.8 Å². The first-order valence-electron chi connectivity index (χ1n) is 4.80. The van der Waals surface area contributed by atoms with Gasteiger partial charge in [-0.2, -0.15) is 0 Å². The highest BCUT2D eigenvalue weighted by Gasteiger charge is 2.34. The van der Waals surface area contributed by atoms with E-state index in [0.29, 0.717) is 0 Å². The number of aliphatic carboxylic acids is 1. The fraction of sp³-hybridized carbons (Fsp3) is 0.900. The second-order valence-electron chi connectivity index (χ2n) is 4.61. The van der Waals surface area contributed by atoms with E-state index in [2.05, 4.69) is 0 Å². The zero-order chi connectivity index (χ0) is 11.5. The molecule has 0 rings (SSSR count).